The molecule has 1 aromatic heterocycles. The van der Waals surface area contributed by atoms with Crippen LogP contribution in [0.15, 0.2) is 35.2 Å². The predicted octanol–water partition coefficient (Wildman–Crippen LogP) is 4.74. The second kappa shape index (κ2) is 8.47. The van der Waals surface area contributed by atoms with Crippen LogP contribution in [-0.4, -0.2) is 39.2 Å². The molecule has 0 bridgehead atoms. The molecule has 8 heteroatoms. The maximum Gasteiger partial charge on any atom is 0.329 e. The van der Waals surface area contributed by atoms with Gasteiger partial charge in [0, 0.05) is 22.1 Å². The van der Waals surface area contributed by atoms with Crippen LogP contribution in [0.1, 0.15) is 30.8 Å². The number of carbonyl (C=O) groups excluding carboxylic acids is 3. The minimum absolute atomic E-state index is 0.185. The van der Waals surface area contributed by atoms with Crippen LogP contribution in [0.3, 0.4) is 0 Å². The molecule has 0 radical (unpaired) electrons. The summed E-state index contributed by atoms with van der Waals surface area (Å²) in [6.07, 6.45) is 1.69. The molecule has 3 rings (SSSR count). The van der Waals surface area contributed by atoms with Crippen molar-refractivity contribution < 1.29 is 19.1 Å². The Morgan fingerprint density at radius 1 is 1.28 bits per heavy atom. The van der Waals surface area contributed by atoms with Crippen molar-refractivity contribution in [2.75, 3.05) is 6.61 Å². The minimum Gasteiger partial charge on any atom is -0.464 e. The molecule has 0 N–H and O–H groups in total. The molecule has 0 unspecified atom stereocenters. The first-order valence-electron chi connectivity index (χ1n) is 9.13. The fourth-order valence-corrected chi connectivity index (χ4v) is 4.35. The van der Waals surface area contributed by atoms with Crippen LogP contribution < -0.4 is 0 Å². The van der Waals surface area contributed by atoms with Gasteiger partial charge in [0.2, 0.25) is 0 Å². The maximum atomic E-state index is 12.8. The van der Waals surface area contributed by atoms with Crippen LogP contribution >= 0.6 is 23.4 Å². The highest BCUT2D eigenvalue weighted by Gasteiger charge is 2.41. The predicted molar refractivity (Wildman–Crippen MR) is 114 cm³/mol. The number of aromatic nitrogens is 1. The molecule has 2 heterocycles. The van der Waals surface area contributed by atoms with Crippen LogP contribution in [0, 0.1) is 13.8 Å². The third-order valence-corrected chi connectivity index (χ3v) is 5.78. The molecule has 2 amide bonds. The molecule has 152 valence electrons. The van der Waals surface area contributed by atoms with Crippen LogP contribution in [0.2, 0.25) is 5.02 Å². The molecule has 1 fully saturated rings. The van der Waals surface area contributed by atoms with Gasteiger partial charge in [0.25, 0.3) is 11.1 Å². The van der Waals surface area contributed by atoms with Gasteiger partial charge in [-0.05, 0) is 75.4 Å². The van der Waals surface area contributed by atoms with Gasteiger partial charge in [-0.3, -0.25) is 14.5 Å². The summed E-state index contributed by atoms with van der Waals surface area (Å²) in [6.45, 7) is 7.24. The Balaban J connectivity index is 1.93. The first kappa shape index (κ1) is 21.2. The van der Waals surface area contributed by atoms with Gasteiger partial charge in [-0.2, -0.15) is 0 Å². The van der Waals surface area contributed by atoms with E-state index in [1.54, 1.807) is 19.1 Å². The maximum absolute atomic E-state index is 12.8. The molecule has 1 aliphatic rings. The number of carbonyl (C=O) groups is 3. The lowest BCUT2D eigenvalue weighted by molar-refractivity contribution is -0.150. The first-order chi connectivity index (χ1) is 13.7. The van der Waals surface area contributed by atoms with Gasteiger partial charge >= 0.3 is 5.97 Å². The summed E-state index contributed by atoms with van der Waals surface area (Å²) in [4.78, 5) is 38.3. The van der Waals surface area contributed by atoms with Crippen molar-refractivity contribution in [2.24, 2.45) is 0 Å². The third kappa shape index (κ3) is 4.11. The second-order valence-corrected chi connectivity index (χ2v) is 8.05. The van der Waals surface area contributed by atoms with Gasteiger partial charge in [0.1, 0.15) is 6.04 Å². The van der Waals surface area contributed by atoms with E-state index in [1.807, 2.05) is 42.7 Å². The number of hydrogen-bond donors (Lipinski definition) is 0. The average molecular weight is 433 g/mol. The second-order valence-electron chi connectivity index (χ2n) is 6.62. The van der Waals surface area contributed by atoms with Crippen molar-refractivity contribution in [1.29, 1.82) is 0 Å². The number of amides is 2. The first-order valence-corrected chi connectivity index (χ1v) is 10.3. The normalized spacial score (nSPS) is 16.6. The molecule has 1 atom stereocenters. The fourth-order valence-electron chi connectivity index (χ4n) is 3.27. The topological polar surface area (TPSA) is 68.6 Å². The highest BCUT2D eigenvalue weighted by molar-refractivity contribution is 8.18. The van der Waals surface area contributed by atoms with E-state index in [0.29, 0.717) is 5.02 Å². The number of thioether (sulfide) groups is 1. The Kier molecular flexibility index (Phi) is 6.19. The summed E-state index contributed by atoms with van der Waals surface area (Å²) >= 11 is 6.94. The summed E-state index contributed by atoms with van der Waals surface area (Å²) < 4.78 is 6.97. The van der Waals surface area contributed by atoms with Crippen molar-refractivity contribution in [2.45, 2.75) is 33.7 Å². The molecule has 1 saturated heterocycles. The lowest BCUT2D eigenvalue weighted by Gasteiger charge is -2.19. The smallest absolute Gasteiger partial charge is 0.329 e. The van der Waals surface area contributed by atoms with E-state index in [4.69, 9.17) is 16.3 Å². The zero-order valence-corrected chi connectivity index (χ0v) is 18.1. The molecular weight excluding hydrogens is 412 g/mol. The van der Waals surface area contributed by atoms with Gasteiger partial charge in [0.05, 0.1) is 11.5 Å². The summed E-state index contributed by atoms with van der Waals surface area (Å²) in [5, 5.41) is 0.149. The van der Waals surface area contributed by atoms with Gasteiger partial charge in [0.15, 0.2) is 0 Å². The Morgan fingerprint density at radius 2 is 2.00 bits per heavy atom. The molecule has 1 aromatic carbocycles. The van der Waals surface area contributed by atoms with Crippen LogP contribution in [0.25, 0.3) is 11.8 Å². The van der Waals surface area contributed by atoms with Crippen molar-refractivity contribution in [1.82, 2.24) is 9.47 Å². The highest BCUT2D eigenvalue weighted by atomic mass is 35.5. The number of ether oxygens (including phenoxy) is 1. The van der Waals surface area contributed by atoms with Gasteiger partial charge in [-0.15, -0.1) is 0 Å². The van der Waals surface area contributed by atoms with Crippen LogP contribution in [-0.2, 0) is 14.3 Å². The largest absolute Gasteiger partial charge is 0.464 e. The van der Waals surface area contributed by atoms with Crippen molar-refractivity contribution >= 4 is 46.6 Å². The molecular formula is C21H21ClN2O4S. The summed E-state index contributed by atoms with van der Waals surface area (Å²) in [5.74, 6) is -1.09. The number of rotatable bonds is 5. The summed E-state index contributed by atoms with van der Waals surface area (Å²) in [7, 11) is 0. The SMILES string of the molecule is CCOC(=O)[C@H](C)N1C(=O)S/C(=C/c2cc(C)n(-c3cccc(Cl)c3)c2C)C1=O. The van der Waals surface area contributed by atoms with Crippen molar-refractivity contribution in [3.63, 3.8) is 0 Å². The molecule has 0 spiro atoms. The van der Waals surface area contributed by atoms with E-state index in [-0.39, 0.29) is 11.5 Å². The number of benzene rings is 1. The lowest BCUT2D eigenvalue weighted by Crippen LogP contribution is -2.42. The van der Waals surface area contributed by atoms with Gasteiger partial charge in [-0.25, -0.2) is 4.79 Å². The zero-order valence-electron chi connectivity index (χ0n) is 16.6. The van der Waals surface area contributed by atoms with Crippen LogP contribution in [0.5, 0.6) is 0 Å². The van der Waals surface area contributed by atoms with E-state index in [9.17, 15) is 14.4 Å². The standard InChI is InChI=1S/C21H21ClN2O4S/c1-5-28-20(26)14(4)24-19(25)18(29-21(24)27)10-15-9-12(2)23(13(15)3)17-8-6-7-16(22)11-17/h6-11,14H,5H2,1-4H3/b18-10+/t14-/m0/s1. The zero-order chi connectivity index (χ0) is 21.3. The Morgan fingerprint density at radius 3 is 2.66 bits per heavy atom. The Labute approximate surface area is 178 Å². The fraction of sp³-hybridized carbons (Fsp3) is 0.286. The minimum atomic E-state index is -0.966. The molecule has 0 saturated carbocycles. The van der Waals surface area contributed by atoms with Crippen molar-refractivity contribution in [3.8, 4) is 5.69 Å². The molecule has 0 aliphatic carbocycles. The molecule has 6 nitrogen and oxygen atoms in total. The quantitative estimate of drug-likeness (QED) is 0.504. The molecule has 1 aliphatic heterocycles. The monoisotopic (exact) mass is 432 g/mol. The van der Waals surface area contributed by atoms with Gasteiger partial charge < -0.3 is 9.30 Å². The Hall–Kier alpha value is -2.51. The highest BCUT2D eigenvalue weighted by Crippen LogP contribution is 2.35. The number of imide groups is 1. The number of nitrogens with zero attached hydrogens (tertiary/aromatic N) is 2. The average Bonchev–Trinajstić information content (AvgIpc) is 3.09. The number of hydrogen-bond acceptors (Lipinski definition) is 5. The summed E-state index contributed by atoms with van der Waals surface area (Å²) in [5.41, 5.74) is 3.61. The number of aryl methyl sites for hydroxylation is 1. The van der Waals surface area contributed by atoms with E-state index >= 15 is 0 Å². The van der Waals surface area contributed by atoms with E-state index in [2.05, 4.69) is 0 Å². The lowest BCUT2D eigenvalue weighted by atomic mass is 10.2. The van der Waals surface area contributed by atoms with E-state index in [1.165, 1.54) is 6.92 Å². The molecule has 2 aromatic rings. The Bertz CT molecular complexity index is 1030. The number of halogens is 1. The van der Waals surface area contributed by atoms with Crippen LogP contribution in [0.4, 0.5) is 4.79 Å². The summed E-state index contributed by atoms with van der Waals surface area (Å²) in [6, 6.07) is 8.47. The van der Waals surface area contributed by atoms with E-state index in [0.717, 1.165) is 39.3 Å². The van der Waals surface area contributed by atoms with E-state index < -0.39 is 23.2 Å². The molecule has 29 heavy (non-hydrogen) atoms. The number of esters is 1. The van der Waals surface area contributed by atoms with Crippen molar-refractivity contribution in [3.05, 3.63) is 57.2 Å². The van der Waals surface area contributed by atoms with Gasteiger partial charge in [-0.1, -0.05) is 17.7 Å². The third-order valence-electron chi connectivity index (χ3n) is 4.66.